The zero-order valence-corrected chi connectivity index (χ0v) is 12.3. The fraction of sp³-hybridized carbons (Fsp3) is 0.818. The summed E-state index contributed by atoms with van der Waals surface area (Å²) in [5.41, 5.74) is -0.581. The quantitative estimate of drug-likeness (QED) is 0.684. The van der Waals surface area contributed by atoms with E-state index in [4.69, 9.17) is 5.11 Å². The predicted octanol–water partition coefficient (Wildman–Crippen LogP) is 0.552. The molecular formula is C11H22N2O4S. The molecule has 0 aromatic rings. The normalized spacial score (nSPS) is 16.5. The van der Waals surface area contributed by atoms with Gasteiger partial charge in [0.15, 0.2) is 0 Å². The van der Waals surface area contributed by atoms with E-state index in [-0.39, 0.29) is 11.8 Å². The molecule has 3 N–H and O–H groups in total. The number of nitrogens with one attached hydrogen (secondary N) is 2. The van der Waals surface area contributed by atoms with Gasteiger partial charge in [-0.1, -0.05) is 20.8 Å². The first-order valence-corrected chi connectivity index (χ1v) is 7.27. The van der Waals surface area contributed by atoms with Crippen LogP contribution in [0.5, 0.6) is 0 Å². The highest BCUT2D eigenvalue weighted by atomic mass is 32.2. The number of rotatable bonds is 5. The smallest absolute Gasteiger partial charge is 0.326 e. The highest BCUT2D eigenvalue weighted by molar-refractivity contribution is 7.84. The van der Waals surface area contributed by atoms with Crippen molar-refractivity contribution in [3.8, 4) is 0 Å². The van der Waals surface area contributed by atoms with E-state index in [1.807, 2.05) is 0 Å². The minimum Gasteiger partial charge on any atom is -0.480 e. The van der Waals surface area contributed by atoms with Gasteiger partial charge in [-0.25, -0.2) is 9.59 Å². The van der Waals surface area contributed by atoms with Crippen LogP contribution < -0.4 is 10.6 Å². The number of carbonyl (C=O) groups excluding carboxylic acids is 1. The molecule has 0 bridgehead atoms. The monoisotopic (exact) mass is 278 g/mol. The summed E-state index contributed by atoms with van der Waals surface area (Å²) in [4.78, 5) is 22.6. The van der Waals surface area contributed by atoms with Crippen LogP contribution in [-0.2, 0) is 15.6 Å². The molecule has 0 aliphatic heterocycles. The van der Waals surface area contributed by atoms with E-state index in [1.54, 1.807) is 34.0 Å². The van der Waals surface area contributed by atoms with Gasteiger partial charge in [0.05, 0.1) is 0 Å². The van der Waals surface area contributed by atoms with Gasteiger partial charge in [0, 0.05) is 28.9 Å². The molecule has 2 unspecified atom stereocenters. The summed E-state index contributed by atoms with van der Waals surface area (Å²) in [5, 5.41) is 13.8. The molecule has 0 spiro atoms. The SMILES string of the molecule is CC(CNC(=O)N[C@H](C(=O)O)C(C)(C)C)S(C)=O. The summed E-state index contributed by atoms with van der Waals surface area (Å²) in [7, 11) is -1.02. The minimum absolute atomic E-state index is 0.173. The molecule has 106 valence electrons. The highest BCUT2D eigenvalue weighted by Gasteiger charge is 2.32. The summed E-state index contributed by atoms with van der Waals surface area (Å²) < 4.78 is 11.1. The van der Waals surface area contributed by atoms with E-state index in [0.717, 1.165) is 0 Å². The average molecular weight is 278 g/mol. The van der Waals surface area contributed by atoms with Gasteiger partial charge in [-0.3, -0.25) is 4.21 Å². The first kappa shape index (κ1) is 16.9. The van der Waals surface area contributed by atoms with E-state index in [9.17, 15) is 13.8 Å². The van der Waals surface area contributed by atoms with Crippen molar-refractivity contribution in [2.24, 2.45) is 5.41 Å². The molecule has 0 radical (unpaired) electrons. The van der Waals surface area contributed by atoms with Crippen LogP contribution in [0.25, 0.3) is 0 Å². The lowest BCUT2D eigenvalue weighted by Gasteiger charge is -2.27. The van der Waals surface area contributed by atoms with Crippen LogP contribution in [0.2, 0.25) is 0 Å². The third-order valence-corrected chi connectivity index (χ3v) is 3.81. The molecule has 0 fully saturated rings. The van der Waals surface area contributed by atoms with Crippen molar-refractivity contribution < 1.29 is 18.9 Å². The third-order valence-electron chi connectivity index (χ3n) is 2.51. The van der Waals surface area contributed by atoms with Gasteiger partial charge in [0.1, 0.15) is 6.04 Å². The second kappa shape index (κ2) is 6.72. The fourth-order valence-electron chi connectivity index (χ4n) is 1.18. The van der Waals surface area contributed by atoms with Crippen LogP contribution in [0.1, 0.15) is 27.7 Å². The Morgan fingerprint density at radius 1 is 1.33 bits per heavy atom. The van der Waals surface area contributed by atoms with Crippen LogP contribution in [0.15, 0.2) is 0 Å². The first-order chi connectivity index (χ1) is 8.05. The predicted molar refractivity (Wildman–Crippen MR) is 70.9 cm³/mol. The molecule has 0 aromatic carbocycles. The third kappa shape index (κ3) is 6.00. The molecule has 0 aliphatic carbocycles. The second-order valence-electron chi connectivity index (χ2n) is 5.30. The summed E-state index contributed by atoms with van der Waals surface area (Å²) in [6.07, 6.45) is 1.56. The van der Waals surface area contributed by atoms with Gasteiger partial charge in [0.2, 0.25) is 0 Å². The molecule has 18 heavy (non-hydrogen) atoms. The maximum atomic E-state index is 11.5. The van der Waals surface area contributed by atoms with E-state index in [0.29, 0.717) is 0 Å². The Morgan fingerprint density at radius 2 is 1.83 bits per heavy atom. The van der Waals surface area contributed by atoms with E-state index < -0.39 is 34.3 Å². The summed E-state index contributed by atoms with van der Waals surface area (Å²) in [6, 6.07) is -1.53. The molecular weight excluding hydrogens is 256 g/mol. The number of carboxylic acids is 1. The van der Waals surface area contributed by atoms with Gasteiger partial charge in [0.25, 0.3) is 0 Å². The Kier molecular flexibility index (Phi) is 6.31. The Morgan fingerprint density at radius 3 is 2.17 bits per heavy atom. The van der Waals surface area contributed by atoms with Gasteiger partial charge < -0.3 is 15.7 Å². The van der Waals surface area contributed by atoms with Crippen molar-refractivity contribution >= 4 is 22.8 Å². The summed E-state index contributed by atoms with van der Waals surface area (Å²) in [5.74, 6) is -1.08. The van der Waals surface area contributed by atoms with Crippen molar-refractivity contribution in [2.75, 3.05) is 12.8 Å². The lowest BCUT2D eigenvalue weighted by atomic mass is 9.87. The summed E-state index contributed by atoms with van der Waals surface area (Å²) in [6.45, 7) is 7.18. The number of hydrogen-bond acceptors (Lipinski definition) is 3. The Labute approximate surface area is 110 Å². The highest BCUT2D eigenvalue weighted by Crippen LogP contribution is 2.19. The number of carbonyl (C=O) groups is 2. The van der Waals surface area contributed by atoms with E-state index >= 15 is 0 Å². The van der Waals surface area contributed by atoms with Gasteiger partial charge in [-0.05, 0) is 12.3 Å². The number of urea groups is 1. The molecule has 0 aromatic heterocycles. The Bertz CT molecular complexity index is 338. The first-order valence-electron chi connectivity index (χ1n) is 5.65. The van der Waals surface area contributed by atoms with Crippen molar-refractivity contribution in [3.05, 3.63) is 0 Å². The van der Waals surface area contributed by atoms with Crippen molar-refractivity contribution in [3.63, 3.8) is 0 Å². The van der Waals surface area contributed by atoms with Crippen molar-refractivity contribution in [2.45, 2.75) is 39.0 Å². The number of amides is 2. The number of hydrogen-bond donors (Lipinski definition) is 3. The molecule has 0 aliphatic rings. The van der Waals surface area contributed by atoms with E-state index in [2.05, 4.69) is 10.6 Å². The van der Waals surface area contributed by atoms with Crippen LogP contribution in [-0.4, -0.2) is 45.4 Å². The number of carboxylic acid groups (broad SMARTS) is 1. The van der Waals surface area contributed by atoms with Crippen LogP contribution in [0.3, 0.4) is 0 Å². The molecule has 6 nitrogen and oxygen atoms in total. The maximum absolute atomic E-state index is 11.5. The largest absolute Gasteiger partial charge is 0.480 e. The van der Waals surface area contributed by atoms with Crippen LogP contribution in [0, 0.1) is 5.41 Å². The van der Waals surface area contributed by atoms with Gasteiger partial charge in [-0.2, -0.15) is 0 Å². The lowest BCUT2D eigenvalue weighted by molar-refractivity contribution is -0.141. The van der Waals surface area contributed by atoms with Gasteiger partial charge >= 0.3 is 12.0 Å². The average Bonchev–Trinajstić information content (AvgIpc) is 2.20. The van der Waals surface area contributed by atoms with Gasteiger partial charge in [-0.15, -0.1) is 0 Å². The molecule has 2 amide bonds. The van der Waals surface area contributed by atoms with Crippen molar-refractivity contribution in [1.82, 2.24) is 10.6 Å². The zero-order chi connectivity index (χ0) is 14.5. The Balaban J connectivity index is 4.37. The maximum Gasteiger partial charge on any atom is 0.326 e. The molecule has 3 atom stereocenters. The van der Waals surface area contributed by atoms with Crippen LogP contribution >= 0.6 is 0 Å². The standard InChI is InChI=1S/C11H22N2O4S/c1-7(18(5)17)6-12-10(16)13-8(9(14)15)11(2,3)4/h7-8H,6H2,1-5H3,(H,14,15)(H2,12,13,16)/t7?,8-,18?/m1/s1. The molecule has 0 rings (SSSR count). The minimum atomic E-state index is -1.08. The topological polar surface area (TPSA) is 95.5 Å². The molecule has 0 heterocycles. The Hall–Kier alpha value is -1.11. The summed E-state index contributed by atoms with van der Waals surface area (Å²) >= 11 is 0. The van der Waals surface area contributed by atoms with Crippen molar-refractivity contribution in [1.29, 1.82) is 0 Å². The lowest BCUT2D eigenvalue weighted by Crippen LogP contribution is -2.53. The zero-order valence-electron chi connectivity index (χ0n) is 11.4. The number of aliphatic carboxylic acids is 1. The molecule has 7 heteroatoms. The van der Waals surface area contributed by atoms with E-state index in [1.165, 1.54) is 0 Å². The molecule has 0 saturated heterocycles. The molecule has 0 saturated carbocycles. The second-order valence-corrected chi connectivity index (χ2v) is 7.10. The van der Waals surface area contributed by atoms with Crippen LogP contribution in [0.4, 0.5) is 4.79 Å². The fourth-order valence-corrected chi connectivity index (χ4v) is 1.50.